The number of phosphoric ester groups is 1. The molecular weight excluding hydrogens is 683 g/mol. The lowest BCUT2D eigenvalue weighted by Gasteiger charge is -2.21. The molecule has 1 aliphatic heterocycles. The minimum absolute atomic E-state index is 0.115. The third-order valence-corrected chi connectivity index (χ3v) is 10.3. The normalized spacial score (nSPS) is 17.6. The molecule has 13 nitrogen and oxygen atoms in total. The lowest BCUT2D eigenvalue weighted by molar-refractivity contribution is -0.00648. The molecule has 0 amide bonds. The molecule has 288 valence electrons. The minimum atomic E-state index is -4.45. The zero-order valence-corrected chi connectivity index (χ0v) is 31.8. The van der Waals surface area contributed by atoms with Gasteiger partial charge in [0.1, 0.15) is 35.8 Å². The second-order valence-electron chi connectivity index (χ2n) is 13.7. The van der Waals surface area contributed by atoms with E-state index >= 15 is 0 Å². The number of nitriles is 1. The first-order valence-electron chi connectivity index (χ1n) is 19.4. The minimum Gasteiger partial charge on any atom is -0.469 e. The Kier molecular flexibility index (Phi) is 18.8. The monoisotopic (exact) mass is 742 g/mol. The Labute approximate surface area is 309 Å². The number of hydrogen-bond acceptors (Lipinski definition) is 11. The van der Waals surface area contributed by atoms with Crippen LogP contribution >= 0.6 is 7.82 Å². The van der Waals surface area contributed by atoms with Gasteiger partial charge in [0.05, 0.1) is 31.6 Å². The fourth-order valence-corrected chi connectivity index (χ4v) is 7.24. The molecule has 0 aliphatic carbocycles. The number of rotatable bonds is 28. The fourth-order valence-electron chi connectivity index (χ4n) is 6.45. The van der Waals surface area contributed by atoms with Gasteiger partial charge in [-0.3, -0.25) is 9.05 Å². The van der Waals surface area contributed by atoms with E-state index in [1.54, 1.807) is 22.7 Å². The number of ether oxygens (including phenoxy) is 3. The Balaban J connectivity index is 1.10. The van der Waals surface area contributed by atoms with Gasteiger partial charge in [0.15, 0.2) is 5.82 Å². The molecule has 3 aromatic heterocycles. The molecule has 14 heteroatoms. The first-order valence-corrected chi connectivity index (χ1v) is 20.8. The average Bonchev–Trinajstić information content (AvgIpc) is 3.81. The molecule has 4 rings (SSSR count). The van der Waals surface area contributed by atoms with Crippen molar-refractivity contribution in [1.29, 1.82) is 5.26 Å². The van der Waals surface area contributed by atoms with Crippen LogP contribution in [0.15, 0.2) is 36.7 Å². The number of phosphoric acid groups is 1. The predicted molar refractivity (Wildman–Crippen MR) is 200 cm³/mol. The molecule has 52 heavy (non-hydrogen) atoms. The molecule has 3 aromatic rings. The number of nitrogens with two attached hydrogens (primary N) is 1. The van der Waals surface area contributed by atoms with Crippen LogP contribution < -0.4 is 10.5 Å². The van der Waals surface area contributed by atoms with Gasteiger partial charge in [0.25, 0.3) is 0 Å². The quantitative estimate of drug-likeness (QED) is 0.0535. The summed E-state index contributed by atoms with van der Waals surface area (Å²) < 4.78 is 43.1. The first-order chi connectivity index (χ1) is 25.4. The summed E-state index contributed by atoms with van der Waals surface area (Å²) in [5.41, 5.74) is 7.66. The standard InChI is InChI=1S/C38H59N6O7P/c1-2-3-4-5-6-7-8-9-10-11-12-13-14-15-16-17-25-47-27-33(51-37-20-18-19-31(26-39)43-37)29-49-52(45,46)48-28-32-21-24-36(50-32)34-22-23-35-38(40)41-30-42-44(34)35/h18-20,22-23,30,32-33,36H,2-17,21,24-25,27-29H2,1H3,(H,45,46)(H2,40,41,42). The number of nitrogens with zero attached hydrogens (tertiary/aromatic N) is 5. The summed E-state index contributed by atoms with van der Waals surface area (Å²) in [6, 6.07) is 10.5. The Morgan fingerprint density at radius 2 is 1.62 bits per heavy atom. The van der Waals surface area contributed by atoms with Crippen LogP contribution in [-0.2, 0) is 23.1 Å². The van der Waals surface area contributed by atoms with Crippen molar-refractivity contribution in [2.75, 3.05) is 32.2 Å². The van der Waals surface area contributed by atoms with Gasteiger partial charge in [-0.15, -0.1) is 0 Å². The molecule has 1 fully saturated rings. The molecule has 0 bridgehead atoms. The number of nitrogen functional groups attached to an aromatic ring is 1. The maximum absolute atomic E-state index is 12.9. The number of aromatic nitrogens is 4. The van der Waals surface area contributed by atoms with Crippen molar-refractivity contribution in [2.24, 2.45) is 0 Å². The van der Waals surface area contributed by atoms with E-state index < -0.39 is 20.0 Å². The van der Waals surface area contributed by atoms with Gasteiger partial charge < -0.3 is 24.8 Å². The molecule has 0 radical (unpaired) electrons. The highest BCUT2D eigenvalue weighted by atomic mass is 31.2. The van der Waals surface area contributed by atoms with Crippen molar-refractivity contribution in [1.82, 2.24) is 19.6 Å². The van der Waals surface area contributed by atoms with Gasteiger partial charge >= 0.3 is 7.82 Å². The predicted octanol–water partition coefficient (Wildman–Crippen LogP) is 8.66. The number of fused-ring (bicyclic) bond motifs is 1. The van der Waals surface area contributed by atoms with Crippen molar-refractivity contribution < 1.29 is 32.7 Å². The van der Waals surface area contributed by atoms with E-state index in [-0.39, 0.29) is 37.5 Å². The van der Waals surface area contributed by atoms with Crippen LogP contribution in [0.3, 0.4) is 0 Å². The van der Waals surface area contributed by atoms with Gasteiger partial charge in [0, 0.05) is 12.7 Å². The van der Waals surface area contributed by atoms with Gasteiger partial charge in [-0.05, 0) is 37.5 Å². The number of pyridine rings is 1. The van der Waals surface area contributed by atoms with Crippen LogP contribution in [0, 0.1) is 11.3 Å². The molecular formula is C38H59N6O7P. The molecule has 0 aromatic carbocycles. The zero-order chi connectivity index (χ0) is 36.9. The van der Waals surface area contributed by atoms with Crippen molar-refractivity contribution in [2.45, 2.75) is 141 Å². The molecule has 4 atom stereocenters. The van der Waals surface area contributed by atoms with E-state index in [0.717, 1.165) is 18.5 Å². The highest BCUT2D eigenvalue weighted by Crippen LogP contribution is 2.45. The Morgan fingerprint density at radius 3 is 2.29 bits per heavy atom. The van der Waals surface area contributed by atoms with Crippen LogP contribution in [0.5, 0.6) is 5.88 Å². The van der Waals surface area contributed by atoms with E-state index in [1.165, 1.54) is 96.2 Å². The highest BCUT2D eigenvalue weighted by Gasteiger charge is 2.32. The Morgan fingerprint density at radius 1 is 0.942 bits per heavy atom. The van der Waals surface area contributed by atoms with E-state index in [2.05, 4.69) is 22.0 Å². The van der Waals surface area contributed by atoms with Gasteiger partial charge in [-0.25, -0.2) is 19.0 Å². The summed E-state index contributed by atoms with van der Waals surface area (Å²) in [4.78, 5) is 18.7. The molecule has 0 spiro atoms. The second-order valence-corrected chi connectivity index (χ2v) is 15.1. The maximum atomic E-state index is 12.9. The van der Waals surface area contributed by atoms with E-state index in [4.69, 9.17) is 29.0 Å². The third kappa shape index (κ3) is 15.1. The first kappa shape index (κ1) is 41.6. The van der Waals surface area contributed by atoms with Gasteiger partial charge in [-0.2, -0.15) is 10.4 Å². The lowest BCUT2D eigenvalue weighted by atomic mass is 10.0. The number of hydrogen-bond donors (Lipinski definition) is 2. The highest BCUT2D eigenvalue weighted by molar-refractivity contribution is 7.47. The maximum Gasteiger partial charge on any atom is 0.472 e. The molecule has 0 saturated carbocycles. The Hall–Kier alpha value is -3.11. The Bertz CT molecular complexity index is 1540. The van der Waals surface area contributed by atoms with Gasteiger partial charge in [-0.1, -0.05) is 109 Å². The fraction of sp³-hybridized carbons (Fsp3) is 0.684. The lowest BCUT2D eigenvalue weighted by Crippen LogP contribution is -2.29. The zero-order valence-electron chi connectivity index (χ0n) is 30.9. The summed E-state index contributed by atoms with van der Waals surface area (Å²) in [5.74, 6) is 0.571. The second kappa shape index (κ2) is 23.5. The van der Waals surface area contributed by atoms with Gasteiger partial charge in [0.2, 0.25) is 5.88 Å². The van der Waals surface area contributed by atoms with Crippen molar-refractivity contribution >= 4 is 19.2 Å². The summed E-state index contributed by atoms with van der Waals surface area (Å²) >= 11 is 0. The molecule has 1 aliphatic rings. The number of unbranched alkanes of at least 4 members (excludes halogenated alkanes) is 15. The summed E-state index contributed by atoms with van der Waals surface area (Å²) in [5, 5.41) is 13.5. The van der Waals surface area contributed by atoms with Crippen LogP contribution in [0.4, 0.5) is 5.82 Å². The molecule has 3 N–H and O–H groups in total. The average molecular weight is 743 g/mol. The molecule has 4 unspecified atom stereocenters. The topological polar surface area (TPSA) is 176 Å². The van der Waals surface area contributed by atoms with Crippen LogP contribution in [0.2, 0.25) is 0 Å². The van der Waals surface area contributed by atoms with Crippen molar-refractivity contribution in [3.05, 3.63) is 48.0 Å². The summed E-state index contributed by atoms with van der Waals surface area (Å²) in [6.45, 7) is 2.51. The van der Waals surface area contributed by atoms with Crippen LogP contribution in [-0.4, -0.2) is 63.1 Å². The third-order valence-electron chi connectivity index (χ3n) is 9.37. The van der Waals surface area contributed by atoms with Crippen LogP contribution in [0.1, 0.15) is 140 Å². The summed E-state index contributed by atoms with van der Waals surface area (Å²) in [6.07, 6.45) is 22.0. The van der Waals surface area contributed by atoms with E-state index in [9.17, 15) is 14.7 Å². The van der Waals surface area contributed by atoms with Crippen LogP contribution in [0.25, 0.3) is 5.52 Å². The van der Waals surface area contributed by atoms with E-state index in [0.29, 0.717) is 30.8 Å². The molecule has 4 heterocycles. The van der Waals surface area contributed by atoms with E-state index in [1.807, 2.05) is 18.2 Å². The smallest absolute Gasteiger partial charge is 0.469 e. The molecule has 1 saturated heterocycles. The van der Waals surface area contributed by atoms with Crippen molar-refractivity contribution in [3.63, 3.8) is 0 Å². The summed E-state index contributed by atoms with van der Waals surface area (Å²) in [7, 11) is -4.45. The van der Waals surface area contributed by atoms with Crippen molar-refractivity contribution in [3.8, 4) is 11.9 Å². The largest absolute Gasteiger partial charge is 0.472 e. The SMILES string of the molecule is CCCCCCCCCCCCCCCCCCOCC(COP(=O)(O)OCC1CCC(c2ccc3c(N)ncnn23)O1)Oc1cccc(C#N)n1. The number of anilines is 1.